The predicted octanol–water partition coefficient (Wildman–Crippen LogP) is 16.9. The first kappa shape index (κ1) is 73.7. The normalized spacial score (nSPS) is 11.2. The molecular formula is C73H92N2O17. The van der Waals surface area contributed by atoms with Crippen molar-refractivity contribution in [3.63, 3.8) is 0 Å². The zero-order valence-corrected chi connectivity index (χ0v) is 53.6. The van der Waals surface area contributed by atoms with E-state index in [0.717, 1.165) is 134 Å². The Bertz CT molecular complexity index is 3110. The third-order valence-corrected chi connectivity index (χ3v) is 15.0. The minimum absolute atomic E-state index is 0.0507. The van der Waals surface area contributed by atoms with E-state index in [1.807, 2.05) is 6.92 Å². The third-order valence-electron chi connectivity index (χ3n) is 15.0. The van der Waals surface area contributed by atoms with Crippen molar-refractivity contribution in [2.45, 2.75) is 187 Å². The van der Waals surface area contributed by atoms with Crippen LogP contribution in [0.3, 0.4) is 0 Å². The van der Waals surface area contributed by atoms with E-state index >= 15 is 0 Å². The topological polar surface area (TPSA) is 255 Å². The maximum Gasteiger partial charge on any atom is 0.345 e. The van der Waals surface area contributed by atoms with Gasteiger partial charge in [0.05, 0.1) is 65.4 Å². The van der Waals surface area contributed by atoms with Gasteiger partial charge < -0.3 is 48.4 Å². The van der Waals surface area contributed by atoms with E-state index in [0.29, 0.717) is 49.9 Å². The average Bonchev–Trinajstić information content (AvgIpc) is 0.856. The number of carbonyl (C=O) groups excluding carboxylic acids is 6. The van der Waals surface area contributed by atoms with E-state index in [2.05, 4.69) is 20.1 Å². The monoisotopic (exact) mass is 1270 g/mol. The Hall–Kier alpha value is -9.00. The van der Waals surface area contributed by atoms with Crippen LogP contribution in [0.2, 0.25) is 0 Å². The first-order chi connectivity index (χ1) is 44.7. The van der Waals surface area contributed by atoms with Crippen molar-refractivity contribution in [1.29, 1.82) is 0 Å². The Kier molecular flexibility index (Phi) is 34.4. The molecule has 19 heteroatoms. The van der Waals surface area contributed by atoms with Crippen LogP contribution in [0.4, 0.5) is 11.4 Å². The molecule has 5 aromatic carbocycles. The van der Waals surface area contributed by atoms with E-state index < -0.39 is 34.5 Å². The number of rotatable bonds is 47. The van der Waals surface area contributed by atoms with E-state index in [1.165, 1.54) is 86.4 Å². The fourth-order valence-electron chi connectivity index (χ4n) is 9.81. The number of nitro groups is 1. The lowest BCUT2D eigenvalue weighted by Gasteiger charge is -2.16. The molecule has 0 heterocycles. The number of ether oxygens (including phenoxy) is 9. The Morgan fingerprint density at radius 3 is 1.34 bits per heavy atom. The maximum atomic E-state index is 14.0. The average molecular weight is 1270 g/mol. The van der Waals surface area contributed by atoms with Crippen molar-refractivity contribution in [3.05, 3.63) is 166 Å². The van der Waals surface area contributed by atoms with E-state index in [-0.39, 0.29) is 75.6 Å². The molecule has 0 aromatic heterocycles. The van der Waals surface area contributed by atoms with Crippen LogP contribution in [0.5, 0.6) is 34.5 Å². The second-order valence-corrected chi connectivity index (χ2v) is 22.5. The highest BCUT2D eigenvalue weighted by Crippen LogP contribution is 2.34. The van der Waals surface area contributed by atoms with Gasteiger partial charge >= 0.3 is 41.5 Å². The highest BCUT2D eigenvalue weighted by atomic mass is 16.6. The highest BCUT2D eigenvalue weighted by molar-refractivity contribution is 6.06. The molecule has 0 aliphatic carbocycles. The molecular weight excluding hydrogens is 1180 g/mol. The van der Waals surface area contributed by atoms with E-state index in [4.69, 9.17) is 48.4 Å². The number of unbranched alkanes of at least 4 members (excludes halogenated alkanes) is 21. The Morgan fingerprint density at radius 1 is 0.467 bits per heavy atom. The molecule has 0 spiro atoms. The number of nitrogens with two attached hydrogens (primary N) is 1. The third kappa shape index (κ3) is 28.4. The lowest BCUT2D eigenvalue weighted by Crippen LogP contribution is -2.18. The first-order valence-electron chi connectivity index (χ1n) is 32.5. The lowest BCUT2D eigenvalue weighted by atomic mass is 10.0. The number of benzene rings is 5. The number of nitrogens with zero attached hydrogens (tertiary/aromatic N) is 1. The van der Waals surface area contributed by atoms with Gasteiger partial charge in [0.2, 0.25) is 0 Å². The molecule has 0 bridgehead atoms. The van der Waals surface area contributed by atoms with Crippen molar-refractivity contribution >= 4 is 47.2 Å². The van der Waals surface area contributed by atoms with Crippen molar-refractivity contribution in [1.82, 2.24) is 0 Å². The summed E-state index contributed by atoms with van der Waals surface area (Å²) < 4.78 is 50.5. The summed E-state index contributed by atoms with van der Waals surface area (Å²) in [5.74, 6) is -2.76. The minimum Gasteiger partial charge on any atom is -0.494 e. The molecule has 2 N–H and O–H groups in total. The lowest BCUT2D eigenvalue weighted by molar-refractivity contribution is -0.386. The van der Waals surface area contributed by atoms with Gasteiger partial charge in [-0.05, 0) is 130 Å². The summed E-state index contributed by atoms with van der Waals surface area (Å²) in [5.41, 5.74) is 5.41. The minimum atomic E-state index is -0.964. The van der Waals surface area contributed by atoms with Crippen LogP contribution in [-0.4, -0.2) is 73.3 Å². The molecule has 0 amide bonds. The molecule has 0 radical (unpaired) electrons. The molecule has 19 nitrogen and oxygen atoms in total. The number of carbonyl (C=O) groups is 6. The number of anilines is 1. The van der Waals surface area contributed by atoms with Crippen LogP contribution in [-0.2, 0) is 30.4 Å². The molecule has 0 fully saturated rings. The zero-order valence-electron chi connectivity index (χ0n) is 53.6. The van der Waals surface area contributed by atoms with E-state index in [1.54, 1.807) is 48.5 Å². The quantitative estimate of drug-likeness (QED) is 0.00555. The van der Waals surface area contributed by atoms with Crippen molar-refractivity contribution in [2.75, 3.05) is 32.2 Å². The largest absolute Gasteiger partial charge is 0.494 e. The second kappa shape index (κ2) is 42.9. The van der Waals surface area contributed by atoms with E-state index in [9.17, 15) is 38.9 Å². The molecule has 496 valence electrons. The molecule has 0 unspecified atom stereocenters. The Labute approximate surface area is 541 Å². The van der Waals surface area contributed by atoms with Gasteiger partial charge in [-0.3, -0.25) is 10.1 Å². The van der Waals surface area contributed by atoms with Gasteiger partial charge in [0.25, 0.3) is 0 Å². The summed E-state index contributed by atoms with van der Waals surface area (Å²) in [6, 6.07) is 25.2. The van der Waals surface area contributed by atoms with Gasteiger partial charge in [-0.2, -0.15) is 0 Å². The summed E-state index contributed by atoms with van der Waals surface area (Å²) in [6.45, 7) is 12.3. The van der Waals surface area contributed by atoms with Crippen LogP contribution in [0.25, 0.3) is 0 Å². The fraction of sp³-hybridized carbons (Fsp3) is 0.452. The highest BCUT2D eigenvalue weighted by Gasteiger charge is 2.26. The van der Waals surface area contributed by atoms with Crippen LogP contribution < -0.4 is 34.2 Å². The smallest absolute Gasteiger partial charge is 0.345 e. The number of nitro benzene ring substituents is 1. The summed E-state index contributed by atoms with van der Waals surface area (Å²) in [5, 5.41) is 12.1. The van der Waals surface area contributed by atoms with Gasteiger partial charge in [0, 0.05) is 24.3 Å². The van der Waals surface area contributed by atoms with Gasteiger partial charge in [0.15, 0.2) is 5.75 Å². The molecule has 5 aromatic rings. The summed E-state index contributed by atoms with van der Waals surface area (Å²) in [7, 11) is 0. The molecule has 1 atom stereocenters. The molecule has 0 aliphatic heterocycles. The van der Waals surface area contributed by atoms with Crippen LogP contribution in [0, 0.1) is 10.1 Å². The fourth-order valence-corrected chi connectivity index (χ4v) is 9.81. The molecule has 0 saturated heterocycles. The van der Waals surface area contributed by atoms with Gasteiger partial charge in [0.1, 0.15) is 35.4 Å². The number of hydrogen-bond acceptors (Lipinski definition) is 18. The zero-order chi connectivity index (χ0) is 66.1. The molecule has 92 heavy (non-hydrogen) atoms. The standard InChI is InChI=1S/C73H92N2O17/c1-5-8-9-26-31-54(4)89-67-52-65(74)64(51-66(67)75(82)83)73(81)92-59-35-32-55(33-36-59)53-88-71(79)63-50-56(70(78)90-60-41-37-57(38-42-60)84-46-27-22-18-14-10-12-16-20-24-29-48-86-68(76)6-2)34-45-62(63)72(80)91-61-43-39-58(40-44-61)85-47-28-23-19-15-11-13-17-21-25-30-49-87-69(77)7-3/h6-7,32-45,50-52,54H,2-3,5,8-31,46-49,53,74H2,1,4H3/t54-/m0/s1. The summed E-state index contributed by atoms with van der Waals surface area (Å²) in [6.07, 6.45) is 28.3. The predicted molar refractivity (Wildman–Crippen MR) is 352 cm³/mol. The molecule has 5 rings (SSSR count). The van der Waals surface area contributed by atoms with Crippen LogP contribution >= 0.6 is 0 Å². The second-order valence-electron chi connectivity index (χ2n) is 22.5. The summed E-state index contributed by atoms with van der Waals surface area (Å²) >= 11 is 0. The van der Waals surface area contributed by atoms with Gasteiger partial charge in [-0.25, -0.2) is 28.8 Å². The van der Waals surface area contributed by atoms with Gasteiger partial charge in [-0.1, -0.05) is 154 Å². The number of esters is 6. The van der Waals surface area contributed by atoms with Crippen molar-refractivity contribution < 1.29 is 76.3 Å². The number of nitrogen functional groups attached to an aromatic ring is 1. The van der Waals surface area contributed by atoms with Crippen molar-refractivity contribution in [2.24, 2.45) is 0 Å². The SMILES string of the molecule is C=CC(=O)OCCCCCCCCCCCCOc1ccc(OC(=O)c2ccc(C(=O)Oc3ccc(OCCCCCCCCCCCCOC(=O)C=C)cc3)c(C(=O)OCc3ccc(OC(=O)c4cc([N+](=O)[O-])c(O[C@@H](C)CCCCCC)cc4N)cc3)c2)cc1. The Balaban J connectivity index is 1.14. The first-order valence-corrected chi connectivity index (χ1v) is 32.5. The van der Waals surface area contributed by atoms with Crippen LogP contribution in [0.1, 0.15) is 221 Å². The molecule has 0 saturated carbocycles. The Morgan fingerprint density at radius 2 is 0.880 bits per heavy atom. The number of hydrogen-bond donors (Lipinski definition) is 1. The maximum absolute atomic E-state index is 14.0. The van der Waals surface area contributed by atoms with Crippen molar-refractivity contribution in [3.8, 4) is 34.5 Å². The van der Waals surface area contributed by atoms with Gasteiger partial charge in [-0.15, -0.1) is 0 Å². The molecule has 0 aliphatic rings. The van der Waals surface area contributed by atoms with Crippen LogP contribution in [0.15, 0.2) is 128 Å². The summed E-state index contributed by atoms with van der Waals surface area (Å²) in [4.78, 5) is 88.6.